The summed E-state index contributed by atoms with van der Waals surface area (Å²) in [6.07, 6.45) is 4.19. The van der Waals surface area contributed by atoms with Crippen molar-refractivity contribution in [3.63, 3.8) is 0 Å². The maximum absolute atomic E-state index is 10.7. The van der Waals surface area contributed by atoms with Crippen LogP contribution in [0.4, 0.5) is 0 Å². The first-order valence-corrected chi connectivity index (χ1v) is 11.1. The molecule has 3 N–H and O–H groups in total. The Hall–Kier alpha value is -2.31. The number of furan rings is 1. The summed E-state index contributed by atoms with van der Waals surface area (Å²) in [6.45, 7) is 11.1. The number of rotatable bonds is 8. The first kappa shape index (κ1) is 22.4. The fraction of sp³-hybridized carbons (Fsp3) is 0.542. The Kier molecular flexibility index (Phi) is 7.94. The van der Waals surface area contributed by atoms with Gasteiger partial charge in [-0.15, -0.1) is 0 Å². The average molecular weight is 413 g/mol. The molecule has 0 spiro atoms. The minimum absolute atomic E-state index is 0.305. The SMILES string of the molecule is CCNC(=NCc1ccccc1CN1CCCC(C)C1)NCC(C)(O)c1ccco1. The minimum atomic E-state index is -1.11. The zero-order chi connectivity index (χ0) is 21.4. The van der Waals surface area contributed by atoms with Gasteiger partial charge in [-0.1, -0.05) is 31.2 Å². The van der Waals surface area contributed by atoms with Crippen molar-refractivity contribution in [2.45, 2.75) is 52.3 Å². The number of aliphatic imine (C=N–C) groups is 1. The molecule has 0 saturated carbocycles. The zero-order valence-electron chi connectivity index (χ0n) is 18.5. The summed E-state index contributed by atoms with van der Waals surface area (Å²) in [6, 6.07) is 12.1. The molecular formula is C24H36N4O2. The van der Waals surface area contributed by atoms with Crippen molar-refractivity contribution < 1.29 is 9.52 Å². The van der Waals surface area contributed by atoms with Crippen LogP contribution in [0.3, 0.4) is 0 Å². The Balaban J connectivity index is 1.64. The van der Waals surface area contributed by atoms with Gasteiger partial charge in [0.25, 0.3) is 0 Å². The largest absolute Gasteiger partial charge is 0.466 e. The highest BCUT2D eigenvalue weighted by Gasteiger charge is 2.26. The van der Waals surface area contributed by atoms with Crippen molar-refractivity contribution in [1.82, 2.24) is 15.5 Å². The number of piperidine rings is 1. The summed E-state index contributed by atoms with van der Waals surface area (Å²) < 4.78 is 5.36. The second-order valence-corrected chi connectivity index (χ2v) is 8.55. The van der Waals surface area contributed by atoms with Crippen LogP contribution < -0.4 is 10.6 Å². The molecule has 1 aromatic carbocycles. The molecule has 6 heteroatoms. The Morgan fingerprint density at radius 1 is 1.23 bits per heavy atom. The number of nitrogens with zero attached hydrogens (tertiary/aromatic N) is 2. The molecule has 1 fully saturated rings. The summed E-state index contributed by atoms with van der Waals surface area (Å²) >= 11 is 0. The van der Waals surface area contributed by atoms with Crippen LogP contribution >= 0.6 is 0 Å². The first-order chi connectivity index (χ1) is 14.5. The van der Waals surface area contributed by atoms with Crippen LogP contribution in [-0.4, -0.2) is 42.1 Å². The molecule has 0 amide bonds. The molecular weight excluding hydrogens is 376 g/mol. The molecule has 2 heterocycles. The maximum Gasteiger partial charge on any atom is 0.191 e. The highest BCUT2D eigenvalue weighted by molar-refractivity contribution is 5.79. The van der Waals surface area contributed by atoms with E-state index in [0.717, 1.165) is 19.0 Å². The number of likely N-dealkylation sites (tertiary alicyclic amines) is 1. The van der Waals surface area contributed by atoms with Crippen LogP contribution in [0.1, 0.15) is 50.5 Å². The third-order valence-corrected chi connectivity index (χ3v) is 5.66. The maximum atomic E-state index is 10.7. The van der Waals surface area contributed by atoms with E-state index in [2.05, 4.69) is 46.7 Å². The van der Waals surface area contributed by atoms with Gasteiger partial charge in [-0.2, -0.15) is 0 Å². The van der Waals surface area contributed by atoms with Crippen LogP contribution in [0.5, 0.6) is 0 Å². The van der Waals surface area contributed by atoms with Crippen molar-refractivity contribution in [2.24, 2.45) is 10.9 Å². The molecule has 1 aliphatic rings. The molecule has 164 valence electrons. The lowest BCUT2D eigenvalue weighted by atomic mass is 9.99. The molecule has 30 heavy (non-hydrogen) atoms. The summed E-state index contributed by atoms with van der Waals surface area (Å²) in [4.78, 5) is 7.33. The number of benzene rings is 1. The van der Waals surface area contributed by atoms with Crippen LogP contribution in [0.15, 0.2) is 52.1 Å². The van der Waals surface area contributed by atoms with Crippen LogP contribution in [-0.2, 0) is 18.7 Å². The third-order valence-electron chi connectivity index (χ3n) is 5.66. The Morgan fingerprint density at radius 3 is 2.73 bits per heavy atom. The lowest BCUT2D eigenvalue weighted by Crippen LogP contribution is -2.44. The van der Waals surface area contributed by atoms with Crippen molar-refractivity contribution in [1.29, 1.82) is 0 Å². The van der Waals surface area contributed by atoms with Gasteiger partial charge in [-0.3, -0.25) is 4.90 Å². The third kappa shape index (κ3) is 6.34. The topological polar surface area (TPSA) is 73.0 Å². The van der Waals surface area contributed by atoms with E-state index in [1.165, 1.54) is 37.1 Å². The summed E-state index contributed by atoms with van der Waals surface area (Å²) in [5, 5.41) is 17.2. The van der Waals surface area contributed by atoms with E-state index in [-0.39, 0.29) is 0 Å². The highest BCUT2D eigenvalue weighted by Crippen LogP contribution is 2.21. The standard InChI is InChI=1S/C24H36N4O2/c1-4-25-23(27-18-24(3,29)22-12-8-14-30-22)26-15-20-10-5-6-11-21(20)17-28-13-7-9-19(2)16-28/h5-6,8,10-12,14,19,29H,4,7,9,13,15-18H2,1-3H3,(H2,25,26,27). The molecule has 6 nitrogen and oxygen atoms in total. The molecule has 2 unspecified atom stereocenters. The van der Waals surface area contributed by atoms with E-state index < -0.39 is 5.60 Å². The van der Waals surface area contributed by atoms with E-state index in [9.17, 15) is 5.11 Å². The Bertz CT molecular complexity index is 801. The summed E-state index contributed by atoms with van der Waals surface area (Å²) in [5.74, 6) is 1.99. The molecule has 2 atom stereocenters. The van der Waals surface area contributed by atoms with E-state index in [1.807, 2.05) is 6.92 Å². The van der Waals surface area contributed by atoms with Gasteiger partial charge in [-0.25, -0.2) is 4.99 Å². The van der Waals surface area contributed by atoms with Crippen molar-refractivity contribution in [3.8, 4) is 0 Å². The Morgan fingerprint density at radius 2 is 2.03 bits per heavy atom. The van der Waals surface area contributed by atoms with Crippen molar-refractivity contribution in [3.05, 3.63) is 59.5 Å². The molecule has 0 aliphatic carbocycles. The van der Waals surface area contributed by atoms with Gasteiger partial charge in [0.1, 0.15) is 11.4 Å². The smallest absolute Gasteiger partial charge is 0.191 e. The molecule has 2 aromatic rings. The van der Waals surface area contributed by atoms with Gasteiger partial charge < -0.3 is 20.2 Å². The molecule has 1 saturated heterocycles. The van der Waals surface area contributed by atoms with Crippen molar-refractivity contribution >= 4 is 5.96 Å². The first-order valence-electron chi connectivity index (χ1n) is 11.1. The second kappa shape index (κ2) is 10.6. The fourth-order valence-electron chi connectivity index (χ4n) is 3.97. The highest BCUT2D eigenvalue weighted by atomic mass is 16.4. The van der Waals surface area contributed by atoms with Crippen molar-refractivity contribution in [2.75, 3.05) is 26.2 Å². The molecule has 1 aromatic heterocycles. The fourth-order valence-corrected chi connectivity index (χ4v) is 3.97. The lowest BCUT2D eigenvalue weighted by Gasteiger charge is -2.31. The van der Waals surface area contributed by atoms with Crippen LogP contribution in [0.2, 0.25) is 0 Å². The number of guanidine groups is 1. The molecule has 0 radical (unpaired) electrons. The van der Waals surface area contributed by atoms with E-state index in [0.29, 0.717) is 24.8 Å². The quantitative estimate of drug-likeness (QED) is 0.457. The van der Waals surface area contributed by atoms with Gasteiger partial charge in [-0.05, 0) is 62.4 Å². The van der Waals surface area contributed by atoms with Gasteiger partial charge >= 0.3 is 0 Å². The van der Waals surface area contributed by atoms with E-state index in [1.54, 1.807) is 25.3 Å². The van der Waals surface area contributed by atoms with E-state index in [4.69, 9.17) is 9.41 Å². The van der Waals surface area contributed by atoms with Gasteiger partial charge in [0.2, 0.25) is 0 Å². The number of aliphatic hydroxyl groups is 1. The molecule has 1 aliphatic heterocycles. The molecule has 0 bridgehead atoms. The number of hydrogen-bond donors (Lipinski definition) is 3. The normalized spacial score (nSPS) is 20.0. The Labute approximate surface area is 180 Å². The van der Waals surface area contributed by atoms with Crippen LogP contribution in [0.25, 0.3) is 0 Å². The monoisotopic (exact) mass is 412 g/mol. The number of nitrogens with one attached hydrogen (secondary N) is 2. The lowest BCUT2D eigenvalue weighted by molar-refractivity contribution is 0.0386. The summed E-state index contributed by atoms with van der Waals surface area (Å²) in [5.41, 5.74) is 1.47. The van der Waals surface area contributed by atoms with Gasteiger partial charge in [0.05, 0.1) is 19.4 Å². The summed E-state index contributed by atoms with van der Waals surface area (Å²) in [7, 11) is 0. The molecule has 3 rings (SSSR count). The predicted octanol–water partition coefficient (Wildman–Crippen LogP) is 3.47. The average Bonchev–Trinajstić information content (AvgIpc) is 3.27. The van der Waals surface area contributed by atoms with Gasteiger partial charge in [0, 0.05) is 19.6 Å². The van der Waals surface area contributed by atoms with Gasteiger partial charge in [0.15, 0.2) is 5.96 Å². The zero-order valence-corrected chi connectivity index (χ0v) is 18.5. The van der Waals surface area contributed by atoms with Crippen LogP contribution in [0, 0.1) is 5.92 Å². The predicted molar refractivity (Wildman–Crippen MR) is 121 cm³/mol. The second-order valence-electron chi connectivity index (χ2n) is 8.55. The number of hydrogen-bond acceptors (Lipinski definition) is 4. The van der Waals surface area contributed by atoms with E-state index >= 15 is 0 Å². The minimum Gasteiger partial charge on any atom is -0.466 e.